The van der Waals surface area contributed by atoms with Crippen molar-refractivity contribution in [1.29, 1.82) is 0 Å². The fourth-order valence-corrected chi connectivity index (χ4v) is 1.74. The van der Waals surface area contributed by atoms with E-state index >= 15 is 0 Å². The molecule has 0 atom stereocenters. The van der Waals surface area contributed by atoms with Gasteiger partial charge < -0.3 is 10.1 Å². The van der Waals surface area contributed by atoms with Gasteiger partial charge in [0, 0.05) is 11.5 Å². The summed E-state index contributed by atoms with van der Waals surface area (Å²) < 4.78 is 9.91. The summed E-state index contributed by atoms with van der Waals surface area (Å²) in [6.45, 7) is 5.54. The van der Waals surface area contributed by atoms with Crippen molar-refractivity contribution in [3.63, 3.8) is 0 Å². The number of carbonyl (C=O) groups is 1. The van der Waals surface area contributed by atoms with Crippen LogP contribution in [0, 0.1) is 12.8 Å². The highest BCUT2D eigenvalue weighted by Crippen LogP contribution is 2.30. The van der Waals surface area contributed by atoms with Gasteiger partial charge in [-0.25, -0.2) is 4.63 Å². The minimum absolute atomic E-state index is 0.131. The second kappa shape index (κ2) is 5.73. The SMILES string of the molecule is COc1ccc(-c2nonc2NC(=O)C(C)C)c(C)c1. The van der Waals surface area contributed by atoms with E-state index < -0.39 is 0 Å². The van der Waals surface area contributed by atoms with Gasteiger partial charge in [0.05, 0.1) is 7.11 Å². The molecule has 2 rings (SSSR count). The highest BCUT2D eigenvalue weighted by atomic mass is 16.6. The molecule has 1 N–H and O–H groups in total. The number of aromatic nitrogens is 2. The van der Waals surface area contributed by atoms with Gasteiger partial charge >= 0.3 is 0 Å². The molecule has 0 saturated heterocycles. The Bertz CT molecular complexity index is 620. The van der Waals surface area contributed by atoms with E-state index in [1.54, 1.807) is 21.0 Å². The number of aryl methyl sites for hydroxylation is 1. The number of methoxy groups -OCH3 is 1. The van der Waals surface area contributed by atoms with Crippen LogP contribution in [0.3, 0.4) is 0 Å². The molecule has 0 unspecified atom stereocenters. The van der Waals surface area contributed by atoms with Gasteiger partial charge in [-0.2, -0.15) is 0 Å². The number of nitrogens with zero attached hydrogens (tertiary/aromatic N) is 2. The predicted octanol–water partition coefficient (Wildman–Crippen LogP) is 2.65. The van der Waals surface area contributed by atoms with E-state index in [0.29, 0.717) is 11.5 Å². The number of benzene rings is 1. The summed E-state index contributed by atoms with van der Waals surface area (Å²) in [6, 6.07) is 5.57. The molecule has 6 nitrogen and oxygen atoms in total. The molecule has 0 aliphatic heterocycles. The Labute approximate surface area is 117 Å². The first-order valence-electron chi connectivity index (χ1n) is 6.31. The lowest BCUT2D eigenvalue weighted by Gasteiger charge is -2.08. The standard InChI is InChI=1S/C14H17N3O3/c1-8(2)14(18)15-13-12(16-20-17-13)11-6-5-10(19-4)7-9(11)3/h5-8H,1-4H3,(H,15,17,18). The second-order valence-electron chi connectivity index (χ2n) is 4.79. The molecule has 1 heterocycles. The quantitative estimate of drug-likeness (QED) is 0.928. The fraction of sp³-hybridized carbons (Fsp3) is 0.357. The van der Waals surface area contributed by atoms with Crippen LogP contribution < -0.4 is 10.1 Å². The van der Waals surface area contributed by atoms with Crippen LogP contribution in [0.2, 0.25) is 0 Å². The third-order valence-corrected chi connectivity index (χ3v) is 2.94. The van der Waals surface area contributed by atoms with Crippen molar-refractivity contribution in [3.05, 3.63) is 23.8 Å². The highest BCUT2D eigenvalue weighted by molar-refractivity contribution is 5.94. The molecule has 1 aromatic heterocycles. The largest absolute Gasteiger partial charge is 0.497 e. The van der Waals surface area contributed by atoms with Crippen LogP contribution in [0.4, 0.5) is 5.82 Å². The smallest absolute Gasteiger partial charge is 0.228 e. The maximum Gasteiger partial charge on any atom is 0.228 e. The van der Waals surface area contributed by atoms with Crippen molar-refractivity contribution < 1.29 is 14.2 Å². The number of carbonyl (C=O) groups excluding carboxylic acids is 1. The lowest BCUT2D eigenvalue weighted by Crippen LogP contribution is -2.18. The Balaban J connectivity index is 2.35. The Morgan fingerprint density at radius 2 is 2.10 bits per heavy atom. The number of hydrogen-bond donors (Lipinski definition) is 1. The first-order chi connectivity index (χ1) is 9.52. The normalized spacial score (nSPS) is 10.7. The zero-order valence-corrected chi connectivity index (χ0v) is 11.9. The molecule has 20 heavy (non-hydrogen) atoms. The molecule has 0 bridgehead atoms. The van der Waals surface area contributed by atoms with Crippen molar-refractivity contribution in [2.45, 2.75) is 20.8 Å². The molecular weight excluding hydrogens is 258 g/mol. The lowest BCUT2D eigenvalue weighted by atomic mass is 10.1. The lowest BCUT2D eigenvalue weighted by molar-refractivity contribution is -0.118. The van der Waals surface area contributed by atoms with E-state index in [2.05, 4.69) is 15.6 Å². The molecule has 0 aliphatic rings. The summed E-state index contributed by atoms with van der Waals surface area (Å²) in [5, 5.41) is 10.3. The molecule has 0 spiro atoms. The second-order valence-corrected chi connectivity index (χ2v) is 4.79. The average Bonchev–Trinajstić information content (AvgIpc) is 2.86. The third-order valence-electron chi connectivity index (χ3n) is 2.94. The maximum atomic E-state index is 11.7. The van der Waals surface area contributed by atoms with Crippen LogP contribution in [0.1, 0.15) is 19.4 Å². The summed E-state index contributed by atoms with van der Waals surface area (Å²) in [7, 11) is 1.61. The molecule has 0 radical (unpaired) electrons. The highest BCUT2D eigenvalue weighted by Gasteiger charge is 2.18. The zero-order valence-electron chi connectivity index (χ0n) is 11.9. The number of ether oxygens (including phenoxy) is 1. The van der Waals surface area contributed by atoms with Crippen molar-refractivity contribution in [1.82, 2.24) is 10.3 Å². The maximum absolute atomic E-state index is 11.7. The number of hydrogen-bond acceptors (Lipinski definition) is 5. The first kappa shape index (κ1) is 14.0. The van der Waals surface area contributed by atoms with Gasteiger partial charge in [0.1, 0.15) is 5.75 Å². The van der Waals surface area contributed by atoms with Crippen LogP contribution in [0.25, 0.3) is 11.3 Å². The van der Waals surface area contributed by atoms with Gasteiger partial charge in [-0.05, 0) is 41.0 Å². The van der Waals surface area contributed by atoms with E-state index in [1.165, 1.54) is 0 Å². The molecule has 1 aromatic carbocycles. The van der Waals surface area contributed by atoms with Crippen LogP contribution in [0.15, 0.2) is 22.8 Å². The molecule has 6 heteroatoms. The predicted molar refractivity (Wildman–Crippen MR) is 74.5 cm³/mol. The molecule has 106 valence electrons. The van der Waals surface area contributed by atoms with Crippen molar-refractivity contribution in [3.8, 4) is 17.0 Å². The van der Waals surface area contributed by atoms with Crippen LogP contribution in [-0.4, -0.2) is 23.3 Å². The number of anilines is 1. The van der Waals surface area contributed by atoms with Crippen LogP contribution >= 0.6 is 0 Å². The van der Waals surface area contributed by atoms with Crippen LogP contribution in [0.5, 0.6) is 5.75 Å². The number of nitrogens with one attached hydrogen (secondary N) is 1. The van der Waals surface area contributed by atoms with Crippen molar-refractivity contribution >= 4 is 11.7 Å². The van der Waals surface area contributed by atoms with Gasteiger partial charge in [-0.15, -0.1) is 0 Å². The number of amides is 1. The van der Waals surface area contributed by atoms with E-state index in [0.717, 1.165) is 16.9 Å². The monoisotopic (exact) mass is 275 g/mol. The van der Waals surface area contributed by atoms with Gasteiger partial charge in [0.15, 0.2) is 5.69 Å². The average molecular weight is 275 g/mol. The zero-order chi connectivity index (χ0) is 14.7. The molecule has 0 saturated carbocycles. The molecule has 0 fully saturated rings. The summed E-state index contributed by atoms with van der Waals surface area (Å²) in [4.78, 5) is 11.7. The van der Waals surface area contributed by atoms with Crippen molar-refractivity contribution in [2.75, 3.05) is 12.4 Å². The Morgan fingerprint density at radius 1 is 1.35 bits per heavy atom. The topological polar surface area (TPSA) is 77.2 Å². The van der Waals surface area contributed by atoms with E-state index in [4.69, 9.17) is 9.37 Å². The van der Waals surface area contributed by atoms with E-state index in [-0.39, 0.29) is 11.8 Å². The van der Waals surface area contributed by atoms with Crippen molar-refractivity contribution in [2.24, 2.45) is 5.92 Å². The minimum atomic E-state index is -0.142. The van der Waals surface area contributed by atoms with Gasteiger partial charge in [-0.1, -0.05) is 13.8 Å². The molecule has 2 aromatic rings. The first-order valence-corrected chi connectivity index (χ1v) is 6.31. The Hall–Kier alpha value is -2.37. The van der Waals surface area contributed by atoms with E-state index in [1.807, 2.05) is 25.1 Å². The van der Waals surface area contributed by atoms with Gasteiger partial charge in [-0.3, -0.25) is 4.79 Å². The summed E-state index contributed by atoms with van der Waals surface area (Å²) >= 11 is 0. The third kappa shape index (κ3) is 2.79. The Kier molecular flexibility index (Phi) is 4.02. The molecule has 1 amide bonds. The van der Waals surface area contributed by atoms with Crippen LogP contribution in [-0.2, 0) is 4.79 Å². The fourth-order valence-electron chi connectivity index (χ4n) is 1.74. The van der Waals surface area contributed by atoms with Gasteiger partial charge in [0.25, 0.3) is 0 Å². The molecule has 0 aliphatic carbocycles. The molecular formula is C14H17N3O3. The summed E-state index contributed by atoms with van der Waals surface area (Å²) in [5.41, 5.74) is 2.31. The van der Waals surface area contributed by atoms with E-state index in [9.17, 15) is 4.79 Å². The van der Waals surface area contributed by atoms with Gasteiger partial charge in [0.2, 0.25) is 11.7 Å². The summed E-state index contributed by atoms with van der Waals surface area (Å²) in [6.07, 6.45) is 0. The summed E-state index contributed by atoms with van der Waals surface area (Å²) in [5.74, 6) is 0.817. The minimum Gasteiger partial charge on any atom is -0.497 e. The number of rotatable bonds is 4. The Morgan fingerprint density at radius 3 is 2.70 bits per heavy atom.